The van der Waals surface area contributed by atoms with Gasteiger partial charge in [-0.2, -0.15) is 0 Å². The van der Waals surface area contributed by atoms with E-state index in [4.69, 9.17) is 0 Å². The maximum atomic E-state index is 12.3. The standard InChI is InChI=1S/C14H27NO2/c1-5-15(10-14(3,4)17)13(16)12-8-6-11(2)7-9-12/h11-12,17H,5-10H2,1-4H3. The molecule has 0 aliphatic heterocycles. The number of nitrogens with zero attached hydrogens (tertiary/aromatic N) is 1. The third-order valence-electron chi connectivity index (χ3n) is 3.64. The van der Waals surface area contributed by atoms with E-state index in [1.807, 2.05) is 6.92 Å². The van der Waals surface area contributed by atoms with E-state index < -0.39 is 5.60 Å². The second-order valence-corrected chi connectivity index (χ2v) is 6.12. The van der Waals surface area contributed by atoms with Crippen LogP contribution in [0.5, 0.6) is 0 Å². The summed E-state index contributed by atoms with van der Waals surface area (Å²) in [5, 5.41) is 9.81. The Morgan fingerprint density at radius 2 is 1.82 bits per heavy atom. The summed E-state index contributed by atoms with van der Waals surface area (Å²) >= 11 is 0. The second-order valence-electron chi connectivity index (χ2n) is 6.12. The van der Waals surface area contributed by atoms with E-state index in [-0.39, 0.29) is 11.8 Å². The molecule has 0 aromatic heterocycles. The van der Waals surface area contributed by atoms with Gasteiger partial charge in [-0.05, 0) is 52.4 Å². The largest absolute Gasteiger partial charge is 0.389 e. The van der Waals surface area contributed by atoms with Crippen molar-refractivity contribution in [2.75, 3.05) is 13.1 Å². The molecule has 0 bridgehead atoms. The van der Waals surface area contributed by atoms with Crippen LogP contribution in [-0.4, -0.2) is 34.6 Å². The second kappa shape index (κ2) is 5.85. The fourth-order valence-electron chi connectivity index (χ4n) is 2.58. The highest BCUT2D eigenvalue weighted by Gasteiger charge is 2.29. The van der Waals surface area contributed by atoms with Gasteiger partial charge in [-0.15, -0.1) is 0 Å². The molecular weight excluding hydrogens is 214 g/mol. The first-order valence-electron chi connectivity index (χ1n) is 6.84. The third-order valence-corrected chi connectivity index (χ3v) is 3.64. The predicted molar refractivity (Wildman–Crippen MR) is 69.7 cm³/mol. The van der Waals surface area contributed by atoms with Crippen molar-refractivity contribution in [3.8, 4) is 0 Å². The average Bonchev–Trinajstić information content (AvgIpc) is 2.25. The molecule has 1 fully saturated rings. The van der Waals surface area contributed by atoms with E-state index in [9.17, 15) is 9.90 Å². The van der Waals surface area contributed by atoms with Gasteiger partial charge < -0.3 is 10.0 Å². The minimum absolute atomic E-state index is 0.188. The minimum Gasteiger partial charge on any atom is -0.389 e. The van der Waals surface area contributed by atoms with Crippen LogP contribution in [-0.2, 0) is 4.79 Å². The Labute approximate surface area is 105 Å². The maximum absolute atomic E-state index is 12.3. The van der Waals surface area contributed by atoms with E-state index in [1.54, 1.807) is 18.7 Å². The highest BCUT2D eigenvalue weighted by molar-refractivity contribution is 5.79. The fourth-order valence-corrected chi connectivity index (χ4v) is 2.58. The van der Waals surface area contributed by atoms with E-state index in [2.05, 4.69) is 6.92 Å². The monoisotopic (exact) mass is 241 g/mol. The molecule has 100 valence electrons. The van der Waals surface area contributed by atoms with Gasteiger partial charge in [0, 0.05) is 19.0 Å². The number of aliphatic hydroxyl groups is 1. The molecule has 0 radical (unpaired) electrons. The first kappa shape index (κ1) is 14.5. The number of likely N-dealkylation sites (N-methyl/N-ethyl adjacent to an activating group) is 1. The molecular formula is C14H27NO2. The van der Waals surface area contributed by atoms with Crippen LogP contribution in [0.3, 0.4) is 0 Å². The van der Waals surface area contributed by atoms with E-state index in [0.29, 0.717) is 13.1 Å². The lowest BCUT2D eigenvalue weighted by Gasteiger charge is -2.33. The van der Waals surface area contributed by atoms with Gasteiger partial charge in [-0.1, -0.05) is 6.92 Å². The highest BCUT2D eigenvalue weighted by Crippen LogP contribution is 2.29. The zero-order chi connectivity index (χ0) is 13.1. The van der Waals surface area contributed by atoms with E-state index >= 15 is 0 Å². The van der Waals surface area contributed by atoms with Crippen molar-refractivity contribution in [1.29, 1.82) is 0 Å². The zero-order valence-corrected chi connectivity index (χ0v) is 11.7. The molecule has 0 atom stereocenters. The maximum Gasteiger partial charge on any atom is 0.225 e. The quantitative estimate of drug-likeness (QED) is 0.821. The summed E-state index contributed by atoms with van der Waals surface area (Å²) in [5.74, 6) is 1.19. The van der Waals surface area contributed by atoms with Crippen molar-refractivity contribution in [3.63, 3.8) is 0 Å². The van der Waals surface area contributed by atoms with Gasteiger partial charge in [0.05, 0.1) is 5.60 Å². The van der Waals surface area contributed by atoms with Crippen molar-refractivity contribution in [3.05, 3.63) is 0 Å². The molecule has 1 rings (SSSR count). The van der Waals surface area contributed by atoms with Gasteiger partial charge in [0.2, 0.25) is 5.91 Å². The van der Waals surface area contributed by atoms with Gasteiger partial charge in [0.15, 0.2) is 0 Å². The van der Waals surface area contributed by atoms with Crippen LogP contribution in [0, 0.1) is 11.8 Å². The molecule has 1 saturated carbocycles. The predicted octanol–water partition coefficient (Wildman–Crippen LogP) is 2.43. The van der Waals surface area contributed by atoms with Crippen molar-refractivity contribution < 1.29 is 9.90 Å². The summed E-state index contributed by atoms with van der Waals surface area (Å²) in [6, 6.07) is 0. The Kier molecular flexibility index (Phi) is 4.99. The SMILES string of the molecule is CCN(CC(C)(C)O)C(=O)C1CCC(C)CC1. The van der Waals surface area contributed by atoms with E-state index in [1.165, 1.54) is 0 Å². The minimum atomic E-state index is -0.798. The zero-order valence-electron chi connectivity index (χ0n) is 11.7. The van der Waals surface area contributed by atoms with Gasteiger partial charge in [-0.3, -0.25) is 4.79 Å². The van der Waals surface area contributed by atoms with Crippen LogP contribution in [0.25, 0.3) is 0 Å². The topological polar surface area (TPSA) is 40.5 Å². The molecule has 17 heavy (non-hydrogen) atoms. The highest BCUT2D eigenvalue weighted by atomic mass is 16.3. The molecule has 0 unspecified atom stereocenters. The molecule has 0 aromatic carbocycles. The Balaban J connectivity index is 2.54. The van der Waals surface area contributed by atoms with Crippen molar-refractivity contribution >= 4 is 5.91 Å². The smallest absolute Gasteiger partial charge is 0.225 e. The van der Waals surface area contributed by atoms with Crippen molar-refractivity contribution in [2.45, 2.75) is 59.0 Å². The van der Waals surface area contributed by atoms with Crippen molar-refractivity contribution in [2.24, 2.45) is 11.8 Å². The number of hydrogen-bond donors (Lipinski definition) is 1. The number of rotatable bonds is 4. The first-order valence-corrected chi connectivity index (χ1v) is 6.84. The summed E-state index contributed by atoms with van der Waals surface area (Å²) in [6.45, 7) is 8.88. The molecule has 3 nitrogen and oxygen atoms in total. The Morgan fingerprint density at radius 3 is 2.24 bits per heavy atom. The molecule has 0 heterocycles. The number of amides is 1. The lowest BCUT2D eigenvalue weighted by atomic mass is 9.82. The number of carbonyl (C=O) groups excluding carboxylic acids is 1. The normalized spacial score (nSPS) is 25.7. The van der Waals surface area contributed by atoms with Crippen LogP contribution in [0.1, 0.15) is 53.4 Å². The summed E-state index contributed by atoms with van der Waals surface area (Å²) in [7, 11) is 0. The summed E-state index contributed by atoms with van der Waals surface area (Å²) in [6.07, 6.45) is 4.36. The lowest BCUT2D eigenvalue weighted by Crippen LogP contribution is -2.45. The molecule has 1 aliphatic carbocycles. The van der Waals surface area contributed by atoms with Crippen LogP contribution < -0.4 is 0 Å². The molecule has 1 N–H and O–H groups in total. The fraction of sp³-hybridized carbons (Fsp3) is 0.929. The lowest BCUT2D eigenvalue weighted by molar-refractivity contribution is -0.139. The number of hydrogen-bond acceptors (Lipinski definition) is 2. The Bertz CT molecular complexity index is 249. The van der Waals surface area contributed by atoms with Gasteiger partial charge in [0.25, 0.3) is 0 Å². The summed E-state index contributed by atoms with van der Waals surface area (Å²) < 4.78 is 0. The molecule has 1 amide bonds. The van der Waals surface area contributed by atoms with Crippen LogP contribution in [0.2, 0.25) is 0 Å². The summed E-state index contributed by atoms with van der Waals surface area (Å²) in [5.41, 5.74) is -0.798. The third kappa shape index (κ3) is 4.66. The van der Waals surface area contributed by atoms with Gasteiger partial charge in [-0.25, -0.2) is 0 Å². The molecule has 0 saturated heterocycles. The Hall–Kier alpha value is -0.570. The average molecular weight is 241 g/mol. The van der Waals surface area contributed by atoms with Crippen LogP contribution in [0.15, 0.2) is 0 Å². The van der Waals surface area contributed by atoms with Crippen LogP contribution in [0.4, 0.5) is 0 Å². The Morgan fingerprint density at radius 1 is 1.29 bits per heavy atom. The van der Waals surface area contributed by atoms with Crippen LogP contribution >= 0.6 is 0 Å². The van der Waals surface area contributed by atoms with Gasteiger partial charge >= 0.3 is 0 Å². The molecule has 0 spiro atoms. The summed E-state index contributed by atoms with van der Waals surface area (Å²) in [4.78, 5) is 14.1. The van der Waals surface area contributed by atoms with Gasteiger partial charge in [0.1, 0.15) is 0 Å². The number of carbonyl (C=O) groups is 1. The molecule has 1 aliphatic rings. The molecule has 3 heteroatoms. The first-order chi connectivity index (χ1) is 7.83. The van der Waals surface area contributed by atoms with E-state index in [0.717, 1.165) is 31.6 Å². The van der Waals surface area contributed by atoms with Crippen molar-refractivity contribution in [1.82, 2.24) is 4.90 Å². The molecule has 0 aromatic rings.